The Morgan fingerprint density at radius 2 is 2.31 bits per heavy atom. The third kappa shape index (κ3) is 3.70. The maximum Gasteiger partial charge on any atom is 0.0584 e. The summed E-state index contributed by atoms with van der Waals surface area (Å²) in [5.41, 5.74) is 0.230. The molecule has 0 spiro atoms. The Morgan fingerprint density at radius 3 is 2.81 bits per heavy atom. The fraction of sp³-hybridized carbons (Fsp3) is 1.00. The van der Waals surface area contributed by atoms with Crippen LogP contribution in [-0.4, -0.2) is 62.6 Å². The van der Waals surface area contributed by atoms with Crippen molar-refractivity contribution in [2.45, 2.75) is 26.3 Å². The maximum absolute atomic E-state index is 9.15. The van der Waals surface area contributed by atoms with E-state index in [9.17, 15) is 0 Å². The summed E-state index contributed by atoms with van der Waals surface area (Å²) in [6.07, 6.45) is 1.11. The minimum absolute atomic E-state index is 0.217. The molecule has 1 rings (SSSR count). The molecule has 4 heteroatoms. The van der Waals surface area contributed by atoms with E-state index in [-0.39, 0.29) is 18.1 Å². The fourth-order valence-corrected chi connectivity index (χ4v) is 2.18. The molecule has 96 valence electrons. The SMILES string of the molecule is CCNCC1(CN(C)C(C)CO)CCOC1. The van der Waals surface area contributed by atoms with Gasteiger partial charge < -0.3 is 20.1 Å². The molecule has 1 aliphatic rings. The van der Waals surface area contributed by atoms with Crippen molar-refractivity contribution in [3.8, 4) is 0 Å². The van der Waals surface area contributed by atoms with Crippen LogP contribution in [0.1, 0.15) is 20.3 Å². The molecule has 2 unspecified atom stereocenters. The molecule has 1 aliphatic heterocycles. The number of aliphatic hydroxyl groups is 1. The van der Waals surface area contributed by atoms with Crippen LogP contribution in [0.4, 0.5) is 0 Å². The second kappa shape index (κ2) is 6.55. The molecule has 0 saturated carbocycles. The van der Waals surface area contributed by atoms with Gasteiger partial charge in [-0.2, -0.15) is 0 Å². The van der Waals surface area contributed by atoms with Crippen LogP contribution in [0.5, 0.6) is 0 Å². The zero-order valence-electron chi connectivity index (χ0n) is 10.8. The first kappa shape index (κ1) is 13.9. The lowest BCUT2D eigenvalue weighted by Crippen LogP contribution is -2.46. The van der Waals surface area contributed by atoms with E-state index in [4.69, 9.17) is 9.84 Å². The Bertz CT molecular complexity index is 193. The molecule has 2 atom stereocenters. The highest BCUT2D eigenvalue weighted by Crippen LogP contribution is 2.29. The molecule has 0 amide bonds. The lowest BCUT2D eigenvalue weighted by Gasteiger charge is -2.35. The lowest BCUT2D eigenvalue weighted by molar-refractivity contribution is 0.0845. The van der Waals surface area contributed by atoms with Crippen molar-refractivity contribution >= 4 is 0 Å². The van der Waals surface area contributed by atoms with Crippen molar-refractivity contribution in [2.75, 3.05) is 46.5 Å². The van der Waals surface area contributed by atoms with Crippen LogP contribution in [0.2, 0.25) is 0 Å². The number of hydrogen-bond donors (Lipinski definition) is 2. The minimum atomic E-state index is 0.217. The van der Waals surface area contributed by atoms with Gasteiger partial charge in [0.1, 0.15) is 0 Å². The number of aliphatic hydroxyl groups excluding tert-OH is 1. The number of ether oxygens (including phenoxy) is 1. The van der Waals surface area contributed by atoms with Crippen molar-refractivity contribution in [3.63, 3.8) is 0 Å². The smallest absolute Gasteiger partial charge is 0.0584 e. The van der Waals surface area contributed by atoms with E-state index >= 15 is 0 Å². The summed E-state index contributed by atoms with van der Waals surface area (Å²) in [5, 5.41) is 12.6. The van der Waals surface area contributed by atoms with E-state index in [1.807, 2.05) is 0 Å². The van der Waals surface area contributed by atoms with Gasteiger partial charge in [-0.15, -0.1) is 0 Å². The molecule has 0 aromatic heterocycles. The molecule has 1 saturated heterocycles. The highest BCUT2D eigenvalue weighted by atomic mass is 16.5. The third-order valence-electron chi connectivity index (χ3n) is 3.54. The van der Waals surface area contributed by atoms with E-state index < -0.39 is 0 Å². The van der Waals surface area contributed by atoms with E-state index in [1.54, 1.807) is 0 Å². The topological polar surface area (TPSA) is 44.7 Å². The predicted octanol–water partition coefficient (Wildman–Crippen LogP) is 0.315. The van der Waals surface area contributed by atoms with Crippen molar-refractivity contribution in [1.29, 1.82) is 0 Å². The summed E-state index contributed by atoms with van der Waals surface area (Å²) in [6, 6.07) is 0.221. The lowest BCUT2D eigenvalue weighted by atomic mass is 9.86. The molecule has 1 fully saturated rings. The van der Waals surface area contributed by atoms with Crippen molar-refractivity contribution in [2.24, 2.45) is 5.41 Å². The molecular formula is C12H26N2O2. The third-order valence-corrected chi connectivity index (χ3v) is 3.54. The average molecular weight is 230 g/mol. The quantitative estimate of drug-likeness (QED) is 0.661. The van der Waals surface area contributed by atoms with Gasteiger partial charge in [0.05, 0.1) is 13.2 Å². The number of likely N-dealkylation sites (N-methyl/N-ethyl adjacent to an activating group) is 1. The molecule has 16 heavy (non-hydrogen) atoms. The van der Waals surface area contributed by atoms with Crippen LogP contribution >= 0.6 is 0 Å². The van der Waals surface area contributed by atoms with Crippen molar-refractivity contribution in [3.05, 3.63) is 0 Å². The van der Waals surface area contributed by atoms with Gasteiger partial charge in [0, 0.05) is 31.2 Å². The number of nitrogens with zero attached hydrogens (tertiary/aromatic N) is 1. The Morgan fingerprint density at radius 1 is 1.56 bits per heavy atom. The second-order valence-corrected chi connectivity index (χ2v) is 5.03. The van der Waals surface area contributed by atoms with Crippen molar-refractivity contribution in [1.82, 2.24) is 10.2 Å². The molecule has 4 nitrogen and oxygen atoms in total. The van der Waals surface area contributed by atoms with Crippen LogP contribution in [0.25, 0.3) is 0 Å². The standard InChI is InChI=1S/C12H26N2O2/c1-4-13-8-12(5-6-16-10-12)9-14(3)11(2)7-15/h11,13,15H,4-10H2,1-3H3. The van der Waals surface area contributed by atoms with E-state index in [0.29, 0.717) is 0 Å². The molecule has 0 aliphatic carbocycles. The van der Waals surface area contributed by atoms with Crippen LogP contribution in [0.15, 0.2) is 0 Å². The molecule has 1 heterocycles. The van der Waals surface area contributed by atoms with E-state index in [1.165, 1.54) is 0 Å². The van der Waals surface area contributed by atoms with Gasteiger partial charge in [0.2, 0.25) is 0 Å². The van der Waals surface area contributed by atoms with Gasteiger partial charge in [-0.05, 0) is 26.9 Å². The monoisotopic (exact) mass is 230 g/mol. The van der Waals surface area contributed by atoms with Gasteiger partial charge in [0.15, 0.2) is 0 Å². The highest BCUT2D eigenvalue weighted by Gasteiger charge is 2.36. The largest absolute Gasteiger partial charge is 0.395 e. The fourth-order valence-electron chi connectivity index (χ4n) is 2.18. The number of nitrogens with one attached hydrogen (secondary N) is 1. The summed E-state index contributed by atoms with van der Waals surface area (Å²) in [7, 11) is 2.08. The molecule has 0 aromatic rings. The predicted molar refractivity (Wildman–Crippen MR) is 65.6 cm³/mol. The first-order valence-corrected chi connectivity index (χ1v) is 6.23. The van der Waals surface area contributed by atoms with Gasteiger partial charge in [0.25, 0.3) is 0 Å². The van der Waals surface area contributed by atoms with Gasteiger partial charge in [-0.1, -0.05) is 6.92 Å². The van der Waals surface area contributed by atoms with Crippen LogP contribution in [0, 0.1) is 5.41 Å². The molecule has 0 aromatic carbocycles. The average Bonchev–Trinajstić information content (AvgIpc) is 2.74. The Balaban J connectivity index is 2.49. The zero-order chi connectivity index (χ0) is 12.0. The normalized spacial score (nSPS) is 27.6. The van der Waals surface area contributed by atoms with Crippen LogP contribution in [-0.2, 0) is 4.74 Å². The van der Waals surface area contributed by atoms with E-state index in [2.05, 4.69) is 31.1 Å². The Kier molecular flexibility index (Phi) is 5.69. The van der Waals surface area contributed by atoms with Crippen LogP contribution < -0.4 is 5.32 Å². The minimum Gasteiger partial charge on any atom is -0.395 e. The summed E-state index contributed by atoms with van der Waals surface area (Å²) < 4.78 is 5.54. The first-order valence-electron chi connectivity index (χ1n) is 6.23. The van der Waals surface area contributed by atoms with Gasteiger partial charge in [-0.25, -0.2) is 0 Å². The summed E-state index contributed by atoms with van der Waals surface area (Å²) in [5.74, 6) is 0. The maximum atomic E-state index is 9.15. The van der Waals surface area contributed by atoms with Crippen LogP contribution in [0.3, 0.4) is 0 Å². The van der Waals surface area contributed by atoms with E-state index in [0.717, 1.165) is 39.3 Å². The molecule has 2 N–H and O–H groups in total. The first-order chi connectivity index (χ1) is 7.63. The second-order valence-electron chi connectivity index (χ2n) is 5.03. The summed E-state index contributed by atoms with van der Waals surface area (Å²) in [6.45, 7) is 9.10. The van der Waals surface area contributed by atoms with Gasteiger partial charge >= 0.3 is 0 Å². The molecule has 0 radical (unpaired) electrons. The highest BCUT2D eigenvalue weighted by molar-refractivity contribution is 4.88. The Labute approximate surface area is 99.0 Å². The van der Waals surface area contributed by atoms with Gasteiger partial charge in [-0.3, -0.25) is 0 Å². The summed E-state index contributed by atoms with van der Waals surface area (Å²) >= 11 is 0. The number of rotatable bonds is 7. The molecular weight excluding hydrogens is 204 g/mol. The Hall–Kier alpha value is -0.160. The summed E-state index contributed by atoms with van der Waals surface area (Å²) in [4.78, 5) is 2.23. The molecule has 0 bridgehead atoms. The van der Waals surface area contributed by atoms with Crippen molar-refractivity contribution < 1.29 is 9.84 Å². The number of hydrogen-bond acceptors (Lipinski definition) is 4. The zero-order valence-corrected chi connectivity index (χ0v) is 10.8.